The first-order valence-corrected chi connectivity index (χ1v) is 12.3. The van der Waals surface area contributed by atoms with Gasteiger partial charge in [-0.2, -0.15) is 11.8 Å². The number of nitrogens with zero attached hydrogens (tertiary/aromatic N) is 1. The summed E-state index contributed by atoms with van der Waals surface area (Å²) in [4.78, 5) is 51.2. The number of aliphatic hydroxyl groups excluding tert-OH is 1. The molecular formula is C22H32N4O7S. The fraction of sp³-hybridized carbons (Fsp3) is 0.545. The number of thioether (sulfide) groups is 1. The van der Waals surface area contributed by atoms with Gasteiger partial charge in [0.1, 0.15) is 23.9 Å². The molecule has 12 heteroatoms. The number of likely N-dealkylation sites (tertiary alicyclic amines) is 1. The first-order chi connectivity index (χ1) is 16.2. The van der Waals surface area contributed by atoms with E-state index in [9.17, 15) is 34.5 Å². The van der Waals surface area contributed by atoms with E-state index < -0.39 is 48.6 Å². The Kier molecular flexibility index (Phi) is 10.6. The van der Waals surface area contributed by atoms with E-state index in [1.54, 1.807) is 11.8 Å². The van der Waals surface area contributed by atoms with Crippen LogP contribution in [0.3, 0.4) is 0 Å². The molecule has 34 heavy (non-hydrogen) atoms. The zero-order chi connectivity index (χ0) is 25.3. The number of carboxylic acid groups (broad SMARTS) is 1. The molecular weight excluding hydrogens is 464 g/mol. The van der Waals surface area contributed by atoms with Gasteiger partial charge in [-0.15, -0.1) is 0 Å². The van der Waals surface area contributed by atoms with Gasteiger partial charge in [0.15, 0.2) is 0 Å². The summed E-state index contributed by atoms with van der Waals surface area (Å²) in [6, 6.07) is 1.59. The van der Waals surface area contributed by atoms with E-state index in [2.05, 4.69) is 10.6 Å². The number of nitrogens with one attached hydrogen (secondary N) is 2. The molecule has 0 saturated carbocycles. The van der Waals surface area contributed by atoms with Crippen molar-refractivity contribution in [1.29, 1.82) is 0 Å². The third-order valence-electron chi connectivity index (χ3n) is 5.60. The van der Waals surface area contributed by atoms with Crippen molar-refractivity contribution in [2.45, 2.75) is 49.9 Å². The van der Waals surface area contributed by atoms with Crippen molar-refractivity contribution >= 4 is 35.5 Å². The second-order valence-corrected chi connectivity index (χ2v) is 9.08. The predicted octanol–water partition coefficient (Wildman–Crippen LogP) is -0.947. The van der Waals surface area contributed by atoms with Crippen molar-refractivity contribution in [3.63, 3.8) is 0 Å². The third kappa shape index (κ3) is 7.61. The minimum Gasteiger partial charge on any atom is -0.508 e. The number of carboxylic acids is 1. The minimum atomic E-state index is -1.39. The number of hydrogen-bond acceptors (Lipinski definition) is 8. The van der Waals surface area contributed by atoms with Crippen LogP contribution < -0.4 is 16.4 Å². The molecule has 1 heterocycles. The number of phenols is 1. The lowest BCUT2D eigenvalue weighted by Gasteiger charge is -2.28. The van der Waals surface area contributed by atoms with E-state index in [0.29, 0.717) is 37.1 Å². The number of aromatic hydroxyl groups is 1. The molecule has 4 unspecified atom stereocenters. The van der Waals surface area contributed by atoms with Crippen molar-refractivity contribution < 1.29 is 34.5 Å². The Hall–Kier alpha value is -2.83. The zero-order valence-electron chi connectivity index (χ0n) is 19.0. The van der Waals surface area contributed by atoms with Gasteiger partial charge in [0.25, 0.3) is 0 Å². The number of aliphatic hydroxyl groups is 1. The van der Waals surface area contributed by atoms with Crippen molar-refractivity contribution in [2.75, 3.05) is 25.2 Å². The molecule has 1 aromatic rings. The Morgan fingerprint density at radius 2 is 1.85 bits per heavy atom. The van der Waals surface area contributed by atoms with Crippen molar-refractivity contribution in [3.8, 4) is 5.75 Å². The highest BCUT2D eigenvalue weighted by Gasteiger charge is 2.37. The second kappa shape index (κ2) is 13.2. The summed E-state index contributed by atoms with van der Waals surface area (Å²) >= 11 is 1.56. The summed E-state index contributed by atoms with van der Waals surface area (Å²) in [6.07, 6.45) is 3.31. The van der Waals surface area contributed by atoms with Crippen LogP contribution in [-0.4, -0.2) is 93.2 Å². The molecule has 1 aliphatic rings. The summed E-state index contributed by atoms with van der Waals surface area (Å²) < 4.78 is 0. The Bertz CT molecular complexity index is 867. The summed E-state index contributed by atoms with van der Waals surface area (Å²) in [6.45, 7) is -0.384. The molecule has 0 aromatic heterocycles. The summed E-state index contributed by atoms with van der Waals surface area (Å²) in [5.74, 6) is -2.38. The van der Waals surface area contributed by atoms with Crippen LogP contribution in [0.4, 0.5) is 0 Å². The fourth-order valence-corrected chi connectivity index (χ4v) is 4.18. The van der Waals surface area contributed by atoms with Gasteiger partial charge < -0.3 is 36.6 Å². The highest BCUT2D eigenvalue weighted by atomic mass is 32.2. The number of benzene rings is 1. The Morgan fingerprint density at radius 1 is 1.18 bits per heavy atom. The highest BCUT2D eigenvalue weighted by molar-refractivity contribution is 7.98. The second-order valence-electron chi connectivity index (χ2n) is 8.09. The molecule has 0 spiro atoms. The van der Waals surface area contributed by atoms with Gasteiger partial charge >= 0.3 is 5.97 Å². The average molecular weight is 497 g/mol. The maximum absolute atomic E-state index is 12.8. The molecule has 11 nitrogen and oxygen atoms in total. The van der Waals surface area contributed by atoms with Gasteiger partial charge in [-0.05, 0) is 49.0 Å². The summed E-state index contributed by atoms with van der Waals surface area (Å²) in [5, 5.41) is 33.3. The van der Waals surface area contributed by atoms with Crippen LogP contribution in [-0.2, 0) is 25.6 Å². The van der Waals surface area contributed by atoms with Crippen LogP contribution >= 0.6 is 11.8 Å². The normalized spacial score (nSPS) is 18.1. The molecule has 0 aliphatic carbocycles. The van der Waals surface area contributed by atoms with Crippen molar-refractivity contribution in [1.82, 2.24) is 15.5 Å². The van der Waals surface area contributed by atoms with Gasteiger partial charge in [-0.3, -0.25) is 14.4 Å². The monoisotopic (exact) mass is 496 g/mol. The smallest absolute Gasteiger partial charge is 0.326 e. The van der Waals surface area contributed by atoms with Gasteiger partial charge in [0.2, 0.25) is 17.7 Å². The molecule has 3 amide bonds. The maximum atomic E-state index is 12.8. The van der Waals surface area contributed by atoms with Gasteiger partial charge in [0, 0.05) is 13.0 Å². The van der Waals surface area contributed by atoms with Crippen LogP contribution in [0.1, 0.15) is 24.8 Å². The number of amides is 3. The fourth-order valence-electron chi connectivity index (χ4n) is 3.69. The zero-order valence-corrected chi connectivity index (χ0v) is 19.8. The average Bonchev–Trinajstić information content (AvgIpc) is 3.31. The van der Waals surface area contributed by atoms with Gasteiger partial charge in [-0.1, -0.05) is 12.1 Å². The lowest BCUT2D eigenvalue weighted by Crippen LogP contribution is -2.57. The predicted molar refractivity (Wildman–Crippen MR) is 126 cm³/mol. The highest BCUT2D eigenvalue weighted by Crippen LogP contribution is 2.19. The molecule has 4 atom stereocenters. The molecule has 1 saturated heterocycles. The number of phenolic OH excluding ortho intramolecular Hbond substituents is 1. The molecule has 1 aliphatic heterocycles. The van der Waals surface area contributed by atoms with E-state index in [1.807, 2.05) is 6.26 Å². The first kappa shape index (κ1) is 27.4. The summed E-state index contributed by atoms with van der Waals surface area (Å²) in [5.41, 5.74) is 6.53. The Labute approximate surface area is 202 Å². The van der Waals surface area contributed by atoms with Crippen molar-refractivity contribution in [3.05, 3.63) is 29.8 Å². The van der Waals surface area contributed by atoms with Crippen LogP contribution in [0.2, 0.25) is 0 Å². The molecule has 0 bridgehead atoms. The van der Waals surface area contributed by atoms with Crippen LogP contribution in [0.5, 0.6) is 5.75 Å². The van der Waals surface area contributed by atoms with Crippen LogP contribution in [0.15, 0.2) is 24.3 Å². The lowest BCUT2D eigenvalue weighted by molar-refractivity contribution is -0.143. The minimum absolute atomic E-state index is 0.0207. The van der Waals surface area contributed by atoms with Crippen LogP contribution in [0.25, 0.3) is 0 Å². The maximum Gasteiger partial charge on any atom is 0.326 e. The molecule has 7 N–H and O–H groups in total. The molecule has 188 valence electrons. The van der Waals surface area contributed by atoms with E-state index >= 15 is 0 Å². The number of carbonyl (C=O) groups is 4. The number of hydrogen-bond donors (Lipinski definition) is 6. The summed E-state index contributed by atoms with van der Waals surface area (Å²) in [7, 11) is 0. The number of carbonyl (C=O) groups excluding carboxylic acids is 3. The SMILES string of the molecule is CSCCC(N)C(=O)N1CCCC1C(=O)NC(CO)C(=O)NC(Cc1ccc(O)cc1)C(=O)O. The molecule has 0 radical (unpaired) electrons. The number of nitrogens with two attached hydrogens (primary N) is 1. The Balaban J connectivity index is 2.00. The third-order valence-corrected chi connectivity index (χ3v) is 6.24. The van der Waals surface area contributed by atoms with E-state index in [4.69, 9.17) is 5.73 Å². The number of rotatable bonds is 12. The number of aliphatic carboxylic acids is 1. The lowest BCUT2D eigenvalue weighted by atomic mass is 10.1. The molecule has 1 fully saturated rings. The van der Waals surface area contributed by atoms with Gasteiger partial charge in [0.05, 0.1) is 12.6 Å². The van der Waals surface area contributed by atoms with Crippen LogP contribution in [0, 0.1) is 0 Å². The molecule has 2 rings (SSSR count). The van der Waals surface area contributed by atoms with Gasteiger partial charge in [-0.25, -0.2) is 4.79 Å². The van der Waals surface area contributed by atoms with E-state index in [1.165, 1.54) is 29.2 Å². The topological polar surface area (TPSA) is 182 Å². The Morgan fingerprint density at radius 3 is 2.44 bits per heavy atom. The standard InChI is InChI=1S/C22H32N4O7S/c1-34-10-8-15(23)21(31)26-9-2-3-18(26)20(30)25-17(12-27)19(29)24-16(22(32)33)11-13-4-6-14(28)7-5-13/h4-7,15-18,27-28H,2-3,8-12,23H2,1H3,(H,24,29)(H,25,30)(H,32,33). The van der Waals surface area contributed by atoms with E-state index in [-0.39, 0.29) is 18.1 Å². The van der Waals surface area contributed by atoms with E-state index in [0.717, 1.165) is 0 Å². The quantitative estimate of drug-likeness (QED) is 0.212. The van der Waals surface area contributed by atoms with Crippen molar-refractivity contribution in [2.24, 2.45) is 5.73 Å². The molecule has 1 aromatic carbocycles. The first-order valence-electron chi connectivity index (χ1n) is 10.9. The largest absolute Gasteiger partial charge is 0.508 e.